The minimum atomic E-state index is -0.195. The molecule has 6 heteroatoms. The highest BCUT2D eigenvalue weighted by atomic mass is 16.2. The van der Waals surface area contributed by atoms with Gasteiger partial charge in [-0.2, -0.15) is 0 Å². The van der Waals surface area contributed by atoms with Crippen molar-refractivity contribution in [2.45, 2.75) is 27.2 Å². The first-order valence-corrected chi connectivity index (χ1v) is 9.34. The number of anilines is 1. The Labute approximate surface area is 154 Å². The van der Waals surface area contributed by atoms with Crippen LogP contribution in [0.25, 0.3) is 5.69 Å². The maximum Gasteiger partial charge on any atom is 0.295 e. The highest BCUT2D eigenvalue weighted by Crippen LogP contribution is 2.14. The van der Waals surface area contributed by atoms with Gasteiger partial charge in [-0.3, -0.25) is 14.3 Å². The zero-order valence-corrected chi connectivity index (χ0v) is 16.1. The van der Waals surface area contributed by atoms with E-state index >= 15 is 0 Å². The SMILES string of the molecule is Cc1c(NC(=O)C[NH+]2C[C@H](C)C[C@@H](C)C2)c(=O)n(-c2ccccc2)n1C. The van der Waals surface area contributed by atoms with Crippen molar-refractivity contribution in [1.82, 2.24) is 9.36 Å². The first kappa shape index (κ1) is 18.5. The summed E-state index contributed by atoms with van der Waals surface area (Å²) in [6, 6.07) is 9.46. The van der Waals surface area contributed by atoms with Crippen molar-refractivity contribution in [2.24, 2.45) is 18.9 Å². The zero-order chi connectivity index (χ0) is 18.8. The van der Waals surface area contributed by atoms with Gasteiger partial charge in [-0.15, -0.1) is 0 Å². The fourth-order valence-electron chi connectivity index (χ4n) is 4.19. The number of piperidine rings is 1. The summed E-state index contributed by atoms with van der Waals surface area (Å²) in [6.07, 6.45) is 1.23. The molecule has 1 aliphatic rings. The van der Waals surface area contributed by atoms with Crippen molar-refractivity contribution < 1.29 is 9.69 Å². The highest BCUT2D eigenvalue weighted by Gasteiger charge is 2.27. The van der Waals surface area contributed by atoms with Crippen LogP contribution in [0.4, 0.5) is 5.69 Å². The molecule has 2 N–H and O–H groups in total. The smallest absolute Gasteiger partial charge is 0.295 e. The van der Waals surface area contributed by atoms with E-state index in [-0.39, 0.29) is 11.5 Å². The molecule has 6 nitrogen and oxygen atoms in total. The molecule has 140 valence electrons. The van der Waals surface area contributed by atoms with E-state index in [2.05, 4.69) is 19.2 Å². The lowest BCUT2D eigenvalue weighted by molar-refractivity contribution is -0.904. The van der Waals surface area contributed by atoms with Crippen molar-refractivity contribution in [3.8, 4) is 5.69 Å². The predicted octanol–water partition coefficient (Wildman–Crippen LogP) is 0.984. The summed E-state index contributed by atoms with van der Waals surface area (Å²) in [6.45, 7) is 8.78. The predicted molar refractivity (Wildman–Crippen MR) is 103 cm³/mol. The van der Waals surface area contributed by atoms with Gasteiger partial charge in [0.25, 0.3) is 11.5 Å². The topological polar surface area (TPSA) is 60.5 Å². The summed E-state index contributed by atoms with van der Waals surface area (Å²) in [5.74, 6) is 1.18. The lowest BCUT2D eigenvalue weighted by Crippen LogP contribution is -3.15. The van der Waals surface area contributed by atoms with Gasteiger partial charge in [0.1, 0.15) is 5.69 Å². The van der Waals surface area contributed by atoms with Crippen molar-refractivity contribution in [2.75, 3.05) is 25.0 Å². The van der Waals surface area contributed by atoms with Gasteiger partial charge >= 0.3 is 0 Å². The van der Waals surface area contributed by atoms with E-state index < -0.39 is 0 Å². The van der Waals surface area contributed by atoms with Crippen molar-refractivity contribution in [3.05, 3.63) is 46.4 Å². The summed E-state index contributed by atoms with van der Waals surface area (Å²) in [7, 11) is 1.83. The van der Waals surface area contributed by atoms with Crippen LogP contribution in [0.1, 0.15) is 26.0 Å². The fraction of sp³-hybridized carbons (Fsp3) is 0.500. The second-order valence-electron chi connectivity index (χ2n) is 7.77. The molecule has 0 radical (unpaired) electrons. The lowest BCUT2D eigenvalue weighted by atomic mass is 9.92. The monoisotopic (exact) mass is 357 g/mol. The van der Waals surface area contributed by atoms with Gasteiger partial charge in [0.15, 0.2) is 6.54 Å². The molecule has 1 aromatic heterocycles. The van der Waals surface area contributed by atoms with E-state index in [1.807, 2.05) is 44.3 Å². The van der Waals surface area contributed by atoms with Crippen LogP contribution in [0.2, 0.25) is 0 Å². The number of nitrogens with zero attached hydrogens (tertiary/aromatic N) is 2. The number of para-hydroxylation sites is 1. The largest absolute Gasteiger partial charge is 0.327 e. The second-order valence-corrected chi connectivity index (χ2v) is 7.77. The zero-order valence-electron chi connectivity index (χ0n) is 16.1. The number of hydrogen-bond donors (Lipinski definition) is 2. The minimum absolute atomic E-state index is 0.0905. The molecule has 3 rings (SSSR count). The number of nitrogens with one attached hydrogen (secondary N) is 2. The number of aromatic nitrogens is 2. The Morgan fingerprint density at radius 2 is 1.81 bits per heavy atom. The van der Waals surface area contributed by atoms with Crippen molar-refractivity contribution in [3.63, 3.8) is 0 Å². The standard InChI is InChI=1S/C20H28N4O2/c1-14-10-15(2)12-23(11-14)13-18(25)21-19-16(3)22(4)24(20(19)26)17-8-6-5-7-9-17/h5-9,14-15H,10-13H2,1-4H3,(H,21,25)/p+1/t14-,15-/m1/s1. The van der Waals surface area contributed by atoms with Gasteiger partial charge in [-0.1, -0.05) is 32.0 Å². The summed E-state index contributed by atoms with van der Waals surface area (Å²) in [5, 5.41) is 2.87. The molecule has 0 saturated carbocycles. The Morgan fingerprint density at radius 3 is 2.42 bits per heavy atom. The fourth-order valence-corrected chi connectivity index (χ4v) is 4.19. The van der Waals surface area contributed by atoms with Gasteiger partial charge in [-0.05, 0) is 25.5 Å². The molecule has 1 saturated heterocycles. The molecule has 1 aliphatic heterocycles. The number of amides is 1. The number of carbonyl (C=O) groups excluding carboxylic acids is 1. The molecule has 0 aliphatic carbocycles. The summed E-state index contributed by atoms with van der Waals surface area (Å²) in [4.78, 5) is 26.7. The Kier molecular flexibility index (Phi) is 5.32. The Hall–Kier alpha value is -2.34. The van der Waals surface area contributed by atoms with Crippen LogP contribution >= 0.6 is 0 Å². The van der Waals surface area contributed by atoms with Gasteiger partial charge in [0, 0.05) is 18.9 Å². The Morgan fingerprint density at radius 1 is 1.19 bits per heavy atom. The minimum Gasteiger partial charge on any atom is -0.327 e. The van der Waals surface area contributed by atoms with E-state index in [1.165, 1.54) is 11.3 Å². The van der Waals surface area contributed by atoms with Gasteiger partial charge in [0.2, 0.25) is 0 Å². The van der Waals surface area contributed by atoms with Crippen LogP contribution in [0.5, 0.6) is 0 Å². The third kappa shape index (κ3) is 3.75. The maximum absolute atomic E-state index is 12.9. The molecule has 1 fully saturated rings. The summed E-state index contributed by atoms with van der Waals surface area (Å²) in [5.41, 5.74) is 1.72. The number of likely N-dealkylation sites (tertiary alicyclic amines) is 1. The van der Waals surface area contributed by atoms with Crippen LogP contribution in [0.15, 0.2) is 35.1 Å². The van der Waals surface area contributed by atoms with Crippen LogP contribution in [-0.2, 0) is 11.8 Å². The van der Waals surface area contributed by atoms with E-state index in [4.69, 9.17) is 0 Å². The number of benzene rings is 1. The Balaban J connectivity index is 1.78. The first-order chi connectivity index (χ1) is 12.4. The van der Waals surface area contributed by atoms with Crippen LogP contribution < -0.4 is 15.8 Å². The third-order valence-electron chi connectivity index (χ3n) is 5.31. The molecule has 0 spiro atoms. The average molecular weight is 357 g/mol. The van der Waals surface area contributed by atoms with E-state index in [0.717, 1.165) is 24.5 Å². The molecule has 2 atom stereocenters. The normalized spacial score (nSPS) is 23.0. The van der Waals surface area contributed by atoms with E-state index in [0.29, 0.717) is 24.1 Å². The summed E-state index contributed by atoms with van der Waals surface area (Å²) < 4.78 is 3.37. The van der Waals surface area contributed by atoms with Gasteiger partial charge < -0.3 is 10.2 Å². The molecule has 1 aromatic carbocycles. The van der Waals surface area contributed by atoms with Gasteiger partial charge in [0.05, 0.1) is 24.5 Å². The van der Waals surface area contributed by atoms with Crippen molar-refractivity contribution >= 4 is 11.6 Å². The number of rotatable bonds is 4. The summed E-state index contributed by atoms with van der Waals surface area (Å²) >= 11 is 0. The van der Waals surface area contributed by atoms with Crippen LogP contribution in [0.3, 0.4) is 0 Å². The molecule has 0 unspecified atom stereocenters. The van der Waals surface area contributed by atoms with Crippen LogP contribution in [-0.4, -0.2) is 34.9 Å². The van der Waals surface area contributed by atoms with Crippen molar-refractivity contribution in [1.29, 1.82) is 0 Å². The molecule has 2 heterocycles. The average Bonchev–Trinajstić information content (AvgIpc) is 2.78. The molecule has 2 aromatic rings. The lowest BCUT2D eigenvalue weighted by Gasteiger charge is -2.31. The van der Waals surface area contributed by atoms with Gasteiger partial charge in [-0.25, -0.2) is 4.68 Å². The maximum atomic E-state index is 12.9. The molecule has 1 amide bonds. The second kappa shape index (κ2) is 7.50. The number of quaternary nitrogens is 1. The quantitative estimate of drug-likeness (QED) is 0.857. The van der Waals surface area contributed by atoms with E-state index in [9.17, 15) is 9.59 Å². The first-order valence-electron chi connectivity index (χ1n) is 9.34. The van der Waals surface area contributed by atoms with E-state index in [1.54, 1.807) is 9.36 Å². The molecule has 0 bridgehead atoms. The Bertz CT molecular complexity index is 827. The molecular weight excluding hydrogens is 328 g/mol. The number of hydrogen-bond acceptors (Lipinski definition) is 2. The third-order valence-corrected chi connectivity index (χ3v) is 5.31. The van der Waals surface area contributed by atoms with Crippen LogP contribution in [0, 0.1) is 18.8 Å². The molecular formula is C20H29N4O2+. The molecule has 26 heavy (non-hydrogen) atoms. The number of carbonyl (C=O) groups is 1. The highest BCUT2D eigenvalue weighted by molar-refractivity contribution is 5.91.